The summed E-state index contributed by atoms with van der Waals surface area (Å²) in [5.41, 5.74) is 6.38. The van der Waals surface area contributed by atoms with Crippen LogP contribution in [0.2, 0.25) is 5.15 Å². The molecule has 0 atom stereocenters. The van der Waals surface area contributed by atoms with Gasteiger partial charge < -0.3 is 19.9 Å². The number of carbonyl (C=O) groups is 1. The average Bonchev–Trinajstić information content (AvgIpc) is 2.55. The van der Waals surface area contributed by atoms with Crippen LogP contribution in [0, 0.1) is 0 Å². The van der Waals surface area contributed by atoms with Crippen molar-refractivity contribution in [3.63, 3.8) is 0 Å². The zero-order chi connectivity index (χ0) is 16.1. The van der Waals surface area contributed by atoms with E-state index in [-0.39, 0.29) is 29.2 Å². The van der Waals surface area contributed by atoms with Gasteiger partial charge in [0.2, 0.25) is 0 Å². The highest BCUT2D eigenvalue weighted by Crippen LogP contribution is 2.24. The van der Waals surface area contributed by atoms with E-state index in [9.17, 15) is 4.79 Å². The van der Waals surface area contributed by atoms with E-state index in [4.69, 9.17) is 26.8 Å². The highest BCUT2D eigenvalue weighted by molar-refractivity contribution is 6.30. The van der Waals surface area contributed by atoms with Crippen LogP contribution in [0.3, 0.4) is 0 Å². The van der Waals surface area contributed by atoms with Gasteiger partial charge >= 0.3 is 5.97 Å². The Morgan fingerprint density at radius 3 is 2.50 bits per heavy atom. The summed E-state index contributed by atoms with van der Waals surface area (Å²) in [5, 5.41) is -0.0666. The van der Waals surface area contributed by atoms with Gasteiger partial charge in [-0.05, 0) is 17.7 Å². The van der Waals surface area contributed by atoms with E-state index in [1.807, 2.05) is 12.1 Å². The highest BCUT2D eigenvalue weighted by atomic mass is 35.5. The van der Waals surface area contributed by atoms with Crippen LogP contribution in [0.4, 0.5) is 5.82 Å². The fourth-order valence-electron chi connectivity index (χ4n) is 1.62. The second-order valence-electron chi connectivity index (χ2n) is 4.18. The molecular formula is C14H14ClN3O4. The molecule has 116 valence electrons. The van der Waals surface area contributed by atoms with Gasteiger partial charge in [-0.3, -0.25) is 0 Å². The summed E-state index contributed by atoms with van der Waals surface area (Å²) in [6.07, 6.45) is 0. The molecule has 0 aliphatic rings. The Hall–Kier alpha value is -2.54. The molecule has 0 aliphatic heterocycles. The van der Waals surface area contributed by atoms with Crippen molar-refractivity contribution in [3.8, 4) is 11.6 Å². The Kier molecular flexibility index (Phi) is 5.00. The molecule has 2 rings (SSSR count). The quantitative estimate of drug-likeness (QED) is 0.841. The number of hydrogen-bond acceptors (Lipinski definition) is 7. The highest BCUT2D eigenvalue weighted by Gasteiger charge is 2.18. The molecule has 0 bridgehead atoms. The molecule has 8 heteroatoms. The Bertz CT molecular complexity index is 677. The summed E-state index contributed by atoms with van der Waals surface area (Å²) < 4.78 is 15.1. The van der Waals surface area contributed by atoms with Crippen LogP contribution in [0.25, 0.3) is 0 Å². The summed E-state index contributed by atoms with van der Waals surface area (Å²) in [5.74, 6) is -0.0366. The van der Waals surface area contributed by atoms with Gasteiger partial charge in [0.25, 0.3) is 5.88 Å². The van der Waals surface area contributed by atoms with Crippen LogP contribution in [-0.2, 0) is 11.3 Å². The van der Waals surface area contributed by atoms with Crippen molar-refractivity contribution in [1.82, 2.24) is 9.97 Å². The van der Waals surface area contributed by atoms with Gasteiger partial charge in [0, 0.05) is 0 Å². The summed E-state index contributed by atoms with van der Waals surface area (Å²) in [7, 11) is 2.80. The van der Waals surface area contributed by atoms with Crippen LogP contribution in [0.5, 0.6) is 11.6 Å². The molecule has 1 aromatic heterocycles. The molecule has 1 aromatic carbocycles. The monoisotopic (exact) mass is 323 g/mol. The fourth-order valence-corrected chi connectivity index (χ4v) is 1.81. The molecule has 0 fully saturated rings. The van der Waals surface area contributed by atoms with Gasteiger partial charge in [-0.1, -0.05) is 23.7 Å². The number of esters is 1. The van der Waals surface area contributed by atoms with Crippen LogP contribution in [0.15, 0.2) is 24.3 Å². The van der Waals surface area contributed by atoms with Crippen LogP contribution in [-0.4, -0.2) is 30.2 Å². The lowest BCUT2D eigenvalue weighted by Gasteiger charge is -2.09. The molecule has 1 heterocycles. The molecule has 7 nitrogen and oxygen atoms in total. The van der Waals surface area contributed by atoms with Gasteiger partial charge in [-0.25, -0.2) is 9.78 Å². The molecule has 2 N–H and O–H groups in total. The first kappa shape index (κ1) is 15.8. The number of nitrogen functional groups attached to an aromatic ring is 1. The number of aromatic nitrogens is 2. The Morgan fingerprint density at radius 1 is 1.23 bits per heavy atom. The average molecular weight is 324 g/mol. The zero-order valence-electron chi connectivity index (χ0n) is 12.0. The van der Waals surface area contributed by atoms with Gasteiger partial charge in [-0.2, -0.15) is 4.98 Å². The van der Waals surface area contributed by atoms with E-state index in [0.29, 0.717) is 0 Å². The summed E-state index contributed by atoms with van der Waals surface area (Å²) >= 11 is 5.93. The lowest BCUT2D eigenvalue weighted by atomic mass is 10.2. The van der Waals surface area contributed by atoms with E-state index < -0.39 is 5.97 Å². The topological polar surface area (TPSA) is 96.6 Å². The fraction of sp³-hybridized carbons (Fsp3) is 0.214. The summed E-state index contributed by atoms with van der Waals surface area (Å²) in [4.78, 5) is 19.2. The smallest absolute Gasteiger partial charge is 0.360 e. The molecule has 22 heavy (non-hydrogen) atoms. The number of ether oxygens (including phenoxy) is 3. The number of anilines is 1. The van der Waals surface area contributed by atoms with E-state index in [1.165, 1.54) is 7.11 Å². The molecular weight excluding hydrogens is 310 g/mol. The normalized spacial score (nSPS) is 10.1. The number of methoxy groups -OCH3 is 2. The third kappa shape index (κ3) is 3.56. The standard InChI is InChI=1S/C14H14ClN3O4/c1-20-9-5-3-8(4-6-9)7-22-13-11(15)17-10(12(16)18-13)14(19)21-2/h3-6H,7H2,1-2H3,(H2,16,18). The maximum absolute atomic E-state index is 11.4. The Labute approximate surface area is 132 Å². The lowest BCUT2D eigenvalue weighted by molar-refractivity contribution is 0.0594. The predicted molar refractivity (Wildman–Crippen MR) is 80.1 cm³/mol. The molecule has 2 aromatic rings. The second kappa shape index (κ2) is 6.95. The van der Waals surface area contributed by atoms with Gasteiger partial charge in [0.05, 0.1) is 14.2 Å². The lowest BCUT2D eigenvalue weighted by Crippen LogP contribution is -2.11. The van der Waals surface area contributed by atoms with Crippen molar-refractivity contribution in [1.29, 1.82) is 0 Å². The molecule has 0 amide bonds. The van der Waals surface area contributed by atoms with Gasteiger partial charge in [-0.15, -0.1) is 0 Å². The first-order valence-electron chi connectivity index (χ1n) is 6.22. The number of carbonyl (C=O) groups excluding carboxylic acids is 1. The third-order valence-corrected chi connectivity index (χ3v) is 3.01. The molecule has 0 aliphatic carbocycles. The summed E-state index contributed by atoms with van der Waals surface area (Å²) in [6.45, 7) is 0.218. The van der Waals surface area contributed by atoms with Crippen molar-refractivity contribution in [2.24, 2.45) is 0 Å². The number of hydrogen-bond donors (Lipinski definition) is 1. The van der Waals surface area contributed by atoms with Gasteiger partial charge in [0.15, 0.2) is 16.7 Å². The van der Waals surface area contributed by atoms with Crippen LogP contribution in [0.1, 0.15) is 16.1 Å². The maximum Gasteiger partial charge on any atom is 0.360 e. The number of rotatable bonds is 5. The Balaban J connectivity index is 2.12. The van der Waals surface area contributed by atoms with Crippen LogP contribution < -0.4 is 15.2 Å². The number of nitrogens with two attached hydrogens (primary N) is 1. The van der Waals surface area contributed by atoms with E-state index >= 15 is 0 Å². The van der Waals surface area contributed by atoms with Crippen molar-refractivity contribution < 1.29 is 19.0 Å². The van der Waals surface area contributed by atoms with Crippen LogP contribution >= 0.6 is 11.6 Å². The molecule has 0 unspecified atom stereocenters. The molecule has 0 spiro atoms. The second-order valence-corrected chi connectivity index (χ2v) is 4.54. The van der Waals surface area contributed by atoms with E-state index in [0.717, 1.165) is 11.3 Å². The number of halogens is 1. The van der Waals surface area contributed by atoms with Crippen molar-refractivity contribution in [2.45, 2.75) is 6.61 Å². The van der Waals surface area contributed by atoms with Crippen molar-refractivity contribution in [3.05, 3.63) is 40.7 Å². The first-order chi connectivity index (χ1) is 10.5. The van der Waals surface area contributed by atoms with E-state index in [1.54, 1.807) is 19.2 Å². The minimum Gasteiger partial charge on any atom is -0.497 e. The third-order valence-electron chi connectivity index (χ3n) is 2.76. The molecule has 0 saturated heterocycles. The summed E-state index contributed by atoms with van der Waals surface area (Å²) in [6, 6.07) is 7.29. The van der Waals surface area contributed by atoms with E-state index in [2.05, 4.69) is 14.7 Å². The SMILES string of the molecule is COC(=O)c1nc(Cl)c(OCc2ccc(OC)cc2)nc1N. The van der Waals surface area contributed by atoms with Crippen molar-refractivity contribution >= 4 is 23.4 Å². The Morgan fingerprint density at radius 2 is 1.91 bits per heavy atom. The minimum absolute atomic E-state index is 0.0441. The minimum atomic E-state index is -0.714. The number of nitrogens with zero attached hydrogens (tertiary/aromatic N) is 2. The molecule has 0 saturated carbocycles. The first-order valence-corrected chi connectivity index (χ1v) is 6.60. The largest absolute Gasteiger partial charge is 0.497 e. The zero-order valence-corrected chi connectivity index (χ0v) is 12.8. The van der Waals surface area contributed by atoms with Crippen molar-refractivity contribution in [2.75, 3.05) is 20.0 Å². The number of benzene rings is 1. The van der Waals surface area contributed by atoms with Gasteiger partial charge in [0.1, 0.15) is 12.4 Å². The maximum atomic E-state index is 11.4. The molecule has 0 radical (unpaired) electrons. The predicted octanol–water partition coefficient (Wildman–Crippen LogP) is 2.09.